The maximum atomic E-state index is 12.1. The molecule has 0 aliphatic carbocycles. The van der Waals surface area contributed by atoms with Crippen LogP contribution in [0.15, 0.2) is 6.20 Å². The van der Waals surface area contributed by atoms with Crippen LogP contribution >= 0.6 is 11.6 Å². The standard InChI is InChI=1S/C12H20ClN3O2/c1-9(7-14)3-4-11(17)12-10(13)8-15-16(12)5-6-18-2/h8-9H,3-7,14H2,1-2H3. The summed E-state index contributed by atoms with van der Waals surface area (Å²) in [7, 11) is 1.61. The molecule has 1 aromatic heterocycles. The molecule has 0 radical (unpaired) electrons. The van der Waals surface area contributed by atoms with Gasteiger partial charge in [-0.05, 0) is 18.9 Å². The van der Waals surface area contributed by atoms with E-state index < -0.39 is 0 Å². The van der Waals surface area contributed by atoms with Gasteiger partial charge in [-0.25, -0.2) is 0 Å². The summed E-state index contributed by atoms with van der Waals surface area (Å²) < 4.78 is 6.57. The molecule has 1 atom stereocenters. The van der Waals surface area contributed by atoms with Crippen LogP contribution in [-0.4, -0.2) is 35.8 Å². The van der Waals surface area contributed by atoms with Gasteiger partial charge in [-0.1, -0.05) is 18.5 Å². The number of rotatable bonds is 8. The first-order valence-corrected chi connectivity index (χ1v) is 6.41. The first kappa shape index (κ1) is 15.1. The zero-order chi connectivity index (χ0) is 13.5. The highest BCUT2D eigenvalue weighted by molar-refractivity contribution is 6.33. The molecular formula is C12H20ClN3O2. The van der Waals surface area contributed by atoms with Crippen molar-refractivity contribution < 1.29 is 9.53 Å². The topological polar surface area (TPSA) is 70.1 Å². The van der Waals surface area contributed by atoms with E-state index in [-0.39, 0.29) is 5.78 Å². The van der Waals surface area contributed by atoms with Gasteiger partial charge in [0, 0.05) is 13.5 Å². The molecule has 0 bridgehead atoms. The van der Waals surface area contributed by atoms with E-state index in [9.17, 15) is 4.79 Å². The highest BCUT2D eigenvalue weighted by atomic mass is 35.5. The number of carbonyl (C=O) groups excluding carboxylic acids is 1. The second kappa shape index (κ2) is 7.51. The molecule has 102 valence electrons. The Bertz CT molecular complexity index is 393. The minimum atomic E-state index is 0.00824. The van der Waals surface area contributed by atoms with Crippen molar-refractivity contribution in [2.45, 2.75) is 26.3 Å². The molecular weight excluding hydrogens is 254 g/mol. The Morgan fingerprint density at radius 2 is 2.39 bits per heavy atom. The normalized spacial score (nSPS) is 12.7. The van der Waals surface area contributed by atoms with Gasteiger partial charge in [0.25, 0.3) is 0 Å². The number of hydrogen-bond donors (Lipinski definition) is 1. The number of carbonyl (C=O) groups is 1. The summed E-state index contributed by atoms with van der Waals surface area (Å²) in [5.41, 5.74) is 6.00. The first-order chi connectivity index (χ1) is 8.60. The second-order valence-electron chi connectivity index (χ2n) is 4.36. The van der Waals surface area contributed by atoms with Crippen LogP contribution in [0, 0.1) is 5.92 Å². The Labute approximate surface area is 112 Å². The molecule has 0 spiro atoms. The molecule has 0 aliphatic rings. The van der Waals surface area contributed by atoms with Crippen LogP contribution in [0.5, 0.6) is 0 Å². The summed E-state index contributed by atoms with van der Waals surface area (Å²) >= 11 is 6.00. The van der Waals surface area contributed by atoms with Crippen molar-refractivity contribution in [2.75, 3.05) is 20.3 Å². The van der Waals surface area contributed by atoms with Gasteiger partial charge < -0.3 is 10.5 Å². The van der Waals surface area contributed by atoms with Crippen molar-refractivity contribution in [3.05, 3.63) is 16.9 Å². The number of halogens is 1. The van der Waals surface area contributed by atoms with Crippen molar-refractivity contribution in [2.24, 2.45) is 11.7 Å². The summed E-state index contributed by atoms with van der Waals surface area (Å²) in [5, 5.41) is 4.48. The molecule has 1 rings (SSSR count). The van der Waals surface area contributed by atoms with E-state index in [1.807, 2.05) is 6.92 Å². The van der Waals surface area contributed by atoms with E-state index in [1.54, 1.807) is 11.8 Å². The van der Waals surface area contributed by atoms with Gasteiger partial charge in [-0.3, -0.25) is 9.48 Å². The van der Waals surface area contributed by atoms with Crippen molar-refractivity contribution in [1.82, 2.24) is 9.78 Å². The molecule has 0 saturated carbocycles. The maximum Gasteiger partial charge on any atom is 0.182 e. The Kier molecular flexibility index (Phi) is 6.32. The minimum absolute atomic E-state index is 0.00824. The molecule has 1 heterocycles. The van der Waals surface area contributed by atoms with Gasteiger partial charge in [0.2, 0.25) is 0 Å². The quantitative estimate of drug-likeness (QED) is 0.733. The number of aromatic nitrogens is 2. The van der Waals surface area contributed by atoms with Crippen LogP contribution < -0.4 is 5.73 Å². The molecule has 0 aliphatic heterocycles. The number of hydrogen-bond acceptors (Lipinski definition) is 4. The van der Waals surface area contributed by atoms with Gasteiger partial charge in [-0.2, -0.15) is 5.10 Å². The maximum absolute atomic E-state index is 12.1. The lowest BCUT2D eigenvalue weighted by Crippen LogP contribution is -2.16. The third-order valence-corrected chi connectivity index (χ3v) is 3.11. The predicted octanol–water partition coefficient (Wildman–Crippen LogP) is 1.74. The Hall–Kier alpha value is -0.910. The smallest absolute Gasteiger partial charge is 0.182 e. The monoisotopic (exact) mass is 273 g/mol. The first-order valence-electron chi connectivity index (χ1n) is 6.03. The van der Waals surface area contributed by atoms with E-state index in [1.165, 1.54) is 6.20 Å². The number of ether oxygens (including phenoxy) is 1. The number of nitrogens with zero attached hydrogens (tertiary/aromatic N) is 2. The van der Waals surface area contributed by atoms with Crippen molar-refractivity contribution in [3.63, 3.8) is 0 Å². The molecule has 0 fully saturated rings. The van der Waals surface area contributed by atoms with Gasteiger partial charge in [0.1, 0.15) is 5.69 Å². The summed E-state index contributed by atoms with van der Waals surface area (Å²) in [6, 6.07) is 0. The van der Waals surface area contributed by atoms with Crippen LogP contribution in [0.2, 0.25) is 5.02 Å². The van der Waals surface area contributed by atoms with Crippen LogP contribution in [0.3, 0.4) is 0 Å². The number of ketones is 1. The summed E-state index contributed by atoms with van der Waals surface area (Å²) in [6.07, 6.45) is 2.70. The number of Topliss-reactive ketones (excluding diaryl/α,β-unsaturated/α-hetero) is 1. The summed E-state index contributed by atoms with van der Waals surface area (Å²) in [4.78, 5) is 12.1. The lowest BCUT2D eigenvalue weighted by Gasteiger charge is -2.09. The Balaban J connectivity index is 2.68. The highest BCUT2D eigenvalue weighted by Gasteiger charge is 2.17. The third-order valence-electron chi connectivity index (χ3n) is 2.83. The van der Waals surface area contributed by atoms with Crippen LogP contribution in [0.4, 0.5) is 0 Å². The molecule has 0 amide bonds. The Morgan fingerprint density at radius 1 is 1.67 bits per heavy atom. The molecule has 18 heavy (non-hydrogen) atoms. The zero-order valence-corrected chi connectivity index (χ0v) is 11.6. The lowest BCUT2D eigenvalue weighted by atomic mass is 10.0. The lowest BCUT2D eigenvalue weighted by molar-refractivity contribution is 0.0961. The van der Waals surface area contributed by atoms with Gasteiger partial charge >= 0.3 is 0 Å². The van der Waals surface area contributed by atoms with E-state index in [2.05, 4.69) is 5.10 Å². The summed E-state index contributed by atoms with van der Waals surface area (Å²) in [6.45, 7) is 3.63. The highest BCUT2D eigenvalue weighted by Crippen LogP contribution is 2.18. The molecule has 2 N–H and O–H groups in total. The van der Waals surface area contributed by atoms with E-state index in [0.717, 1.165) is 6.42 Å². The SMILES string of the molecule is COCCn1ncc(Cl)c1C(=O)CCC(C)CN. The third kappa shape index (κ3) is 4.08. The van der Waals surface area contributed by atoms with E-state index in [0.29, 0.717) is 42.8 Å². The van der Waals surface area contributed by atoms with Gasteiger partial charge in [0.05, 0.1) is 24.4 Å². The molecule has 0 saturated heterocycles. The van der Waals surface area contributed by atoms with Gasteiger partial charge in [0.15, 0.2) is 5.78 Å². The summed E-state index contributed by atoms with van der Waals surface area (Å²) in [5.74, 6) is 0.344. The molecule has 1 aromatic rings. The minimum Gasteiger partial charge on any atom is -0.383 e. The average molecular weight is 274 g/mol. The second-order valence-corrected chi connectivity index (χ2v) is 4.77. The van der Waals surface area contributed by atoms with Crippen LogP contribution in [0.1, 0.15) is 30.3 Å². The largest absolute Gasteiger partial charge is 0.383 e. The Morgan fingerprint density at radius 3 is 3.00 bits per heavy atom. The van der Waals surface area contributed by atoms with Gasteiger partial charge in [-0.15, -0.1) is 0 Å². The molecule has 0 aromatic carbocycles. The fraction of sp³-hybridized carbons (Fsp3) is 0.667. The number of nitrogens with two attached hydrogens (primary N) is 1. The van der Waals surface area contributed by atoms with Crippen molar-refractivity contribution in [1.29, 1.82) is 0 Å². The molecule has 5 nitrogen and oxygen atoms in total. The molecule has 1 unspecified atom stereocenters. The predicted molar refractivity (Wildman–Crippen MR) is 70.9 cm³/mol. The van der Waals surface area contributed by atoms with Crippen LogP contribution in [0.25, 0.3) is 0 Å². The number of methoxy groups -OCH3 is 1. The zero-order valence-electron chi connectivity index (χ0n) is 10.9. The van der Waals surface area contributed by atoms with E-state index >= 15 is 0 Å². The molecule has 6 heteroatoms. The van der Waals surface area contributed by atoms with Crippen molar-refractivity contribution >= 4 is 17.4 Å². The van der Waals surface area contributed by atoms with Crippen molar-refractivity contribution in [3.8, 4) is 0 Å². The fourth-order valence-corrected chi connectivity index (χ4v) is 1.85. The fourth-order valence-electron chi connectivity index (χ4n) is 1.60. The van der Waals surface area contributed by atoms with Crippen LogP contribution in [-0.2, 0) is 11.3 Å². The van der Waals surface area contributed by atoms with E-state index in [4.69, 9.17) is 22.1 Å². The average Bonchev–Trinajstić information content (AvgIpc) is 2.74.